The fraction of sp³-hybridized carbons (Fsp3) is 0.441. The SMILES string of the molecule is CC[C@@H](CCC[C@@H](CO)N(C(C)C)S(=O)(=O)c1ccc(CO)cc1)NC(=O)[C@@H](NC)C(c1ccccc1)c1ccccc1.Cl. The molecule has 242 valence electrons. The lowest BCUT2D eigenvalue weighted by Crippen LogP contribution is -2.50. The van der Waals surface area contributed by atoms with Crippen LogP contribution in [-0.4, -0.2) is 66.7 Å². The maximum absolute atomic E-state index is 13.7. The fourth-order valence-corrected chi connectivity index (χ4v) is 7.54. The first-order chi connectivity index (χ1) is 20.7. The topological polar surface area (TPSA) is 119 Å². The number of sulfonamides is 1. The number of carbonyl (C=O) groups excluding carboxylic acids is 1. The zero-order chi connectivity index (χ0) is 31.4. The van der Waals surface area contributed by atoms with E-state index in [1.165, 1.54) is 16.4 Å². The summed E-state index contributed by atoms with van der Waals surface area (Å²) in [5.41, 5.74) is 2.71. The number of nitrogens with one attached hydrogen (secondary N) is 2. The quantitative estimate of drug-likeness (QED) is 0.167. The van der Waals surface area contributed by atoms with Gasteiger partial charge in [-0.3, -0.25) is 4.79 Å². The maximum atomic E-state index is 13.7. The van der Waals surface area contributed by atoms with Crippen LogP contribution in [0.1, 0.15) is 69.1 Å². The Bertz CT molecular complexity index is 1320. The molecule has 3 aromatic carbocycles. The standard InChI is InChI=1S/C34H47N3O5S.ClH/c1-5-29(36-34(40)33(35-4)32(27-13-8-6-9-14-27)28-15-10-7-11-16-28)17-12-18-30(24-39)37(25(2)3)43(41,42)31-21-19-26(23-38)20-22-31;/h6-11,13-16,19-22,25,29-30,32-33,35,38-39H,5,12,17-18,23-24H2,1-4H3,(H,36,40);1H/t29-,30-,33-;/m0./s1. The number of hydrogen-bond donors (Lipinski definition) is 4. The first-order valence-corrected chi connectivity index (χ1v) is 16.5. The van der Waals surface area contributed by atoms with Gasteiger partial charge in [-0.15, -0.1) is 12.4 Å². The van der Waals surface area contributed by atoms with Crippen LogP contribution in [0.15, 0.2) is 89.8 Å². The molecule has 0 saturated heterocycles. The third-order valence-electron chi connectivity index (χ3n) is 7.93. The third-order valence-corrected chi connectivity index (χ3v) is 10.1. The van der Waals surface area contributed by atoms with Crippen LogP contribution in [0.5, 0.6) is 0 Å². The van der Waals surface area contributed by atoms with Crippen molar-refractivity contribution in [3.8, 4) is 0 Å². The van der Waals surface area contributed by atoms with E-state index in [-0.39, 0.29) is 54.4 Å². The Hall–Kier alpha value is -2.79. The van der Waals surface area contributed by atoms with Crippen molar-refractivity contribution in [2.24, 2.45) is 0 Å². The summed E-state index contributed by atoms with van der Waals surface area (Å²) in [6, 6.07) is 24.6. The number of benzene rings is 3. The highest BCUT2D eigenvalue weighted by molar-refractivity contribution is 7.89. The van der Waals surface area contributed by atoms with Gasteiger partial charge >= 0.3 is 0 Å². The molecule has 0 bridgehead atoms. The molecule has 3 atom stereocenters. The van der Waals surface area contributed by atoms with E-state index in [9.17, 15) is 23.4 Å². The maximum Gasteiger partial charge on any atom is 0.243 e. The Balaban J connectivity index is 0.00000675. The second-order valence-electron chi connectivity index (χ2n) is 11.2. The monoisotopic (exact) mass is 645 g/mol. The van der Waals surface area contributed by atoms with Gasteiger partial charge in [0.2, 0.25) is 15.9 Å². The predicted molar refractivity (Wildman–Crippen MR) is 178 cm³/mol. The van der Waals surface area contributed by atoms with E-state index in [0.717, 1.165) is 17.5 Å². The summed E-state index contributed by atoms with van der Waals surface area (Å²) in [6.07, 6.45) is 2.43. The molecule has 44 heavy (non-hydrogen) atoms. The molecular weight excluding hydrogens is 598 g/mol. The van der Waals surface area contributed by atoms with Crippen molar-refractivity contribution in [3.05, 3.63) is 102 Å². The Kier molecular flexibility index (Phi) is 15.5. The van der Waals surface area contributed by atoms with Gasteiger partial charge in [-0.1, -0.05) is 79.7 Å². The van der Waals surface area contributed by atoms with Crippen LogP contribution in [0.2, 0.25) is 0 Å². The van der Waals surface area contributed by atoms with Crippen molar-refractivity contribution in [1.82, 2.24) is 14.9 Å². The number of hydrogen-bond acceptors (Lipinski definition) is 6. The minimum atomic E-state index is -3.88. The lowest BCUT2D eigenvalue weighted by Gasteiger charge is -2.33. The molecule has 10 heteroatoms. The Morgan fingerprint density at radius 2 is 1.41 bits per heavy atom. The molecule has 0 aliphatic heterocycles. The summed E-state index contributed by atoms with van der Waals surface area (Å²) >= 11 is 0. The molecule has 0 spiro atoms. The molecule has 4 N–H and O–H groups in total. The van der Waals surface area contributed by atoms with Crippen LogP contribution < -0.4 is 10.6 Å². The summed E-state index contributed by atoms with van der Waals surface area (Å²) < 4.78 is 28.5. The largest absolute Gasteiger partial charge is 0.395 e. The van der Waals surface area contributed by atoms with Gasteiger partial charge in [0, 0.05) is 24.0 Å². The number of aliphatic hydroxyl groups excluding tert-OH is 2. The van der Waals surface area contributed by atoms with Crippen LogP contribution in [0.4, 0.5) is 0 Å². The molecule has 1 amide bonds. The summed E-state index contributed by atoms with van der Waals surface area (Å²) in [6.45, 7) is 5.13. The van der Waals surface area contributed by atoms with Crippen LogP contribution in [0, 0.1) is 0 Å². The summed E-state index contributed by atoms with van der Waals surface area (Å²) in [7, 11) is -2.08. The van der Waals surface area contributed by atoms with Crippen LogP contribution in [0.25, 0.3) is 0 Å². The summed E-state index contributed by atoms with van der Waals surface area (Å²) in [5, 5.41) is 26.1. The lowest BCUT2D eigenvalue weighted by atomic mass is 9.84. The van der Waals surface area contributed by atoms with Gasteiger partial charge in [-0.05, 0) is 75.4 Å². The molecule has 0 aliphatic carbocycles. The zero-order valence-electron chi connectivity index (χ0n) is 26.1. The highest BCUT2D eigenvalue weighted by Crippen LogP contribution is 2.29. The van der Waals surface area contributed by atoms with Crippen molar-refractivity contribution < 1.29 is 23.4 Å². The smallest absolute Gasteiger partial charge is 0.243 e. The van der Waals surface area contributed by atoms with E-state index in [1.54, 1.807) is 33.0 Å². The zero-order valence-corrected chi connectivity index (χ0v) is 27.7. The molecule has 3 aromatic rings. The normalized spacial score (nSPS) is 13.8. The average molecular weight is 646 g/mol. The van der Waals surface area contributed by atoms with Crippen molar-refractivity contribution in [2.75, 3.05) is 13.7 Å². The van der Waals surface area contributed by atoms with Gasteiger partial charge in [-0.2, -0.15) is 4.31 Å². The Morgan fingerprint density at radius 3 is 1.84 bits per heavy atom. The summed E-state index contributed by atoms with van der Waals surface area (Å²) in [5.74, 6) is -0.275. The second kappa shape index (κ2) is 18.2. The van der Waals surface area contributed by atoms with Crippen molar-refractivity contribution in [2.45, 2.75) is 88.0 Å². The van der Waals surface area contributed by atoms with E-state index >= 15 is 0 Å². The van der Waals surface area contributed by atoms with E-state index in [2.05, 4.69) is 10.6 Å². The molecule has 0 radical (unpaired) electrons. The Labute approximate surface area is 269 Å². The van der Waals surface area contributed by atoms with Crippen LogP contribution in [0.3, 0.4) is 0 Å². The fourth-order valence-electron chi connectivity index (χ4n) is 5.70. The predicted octanol–water partition coefficient (Wildman–Crippen LogP) is 4.85. The molecule has 0 aliphatic rings. The van der Waals surface area contributed by atoms with Crippen molar-refractivity contribution in [1.29, 1.82) is 0 Å². The number of amides is 1. The molecule has 0 aromatic heterocycles. The number of likely N-dealkylation sites (N-methyl/N-ethyl adjacent to an activating group) is 1. The van der Waals surface area contributed by atoms with Gasteiger partial charge in [-0.25, -0.2) is 8.42 Å². The highest BCUT2D eigenvalue weighted by atomic mass is 35.5. The van der Waals surface area contributed by atoms with Gasteiger partial charge < -0.3 is 20.8 Å². The summed E-state index contributed by atoms with van der Waals surface area (Å²) in [4.78, 5) is 13.8. The van der Waals surface area contributed by atoms with E-state index in [0.29, 0.717) is 24.8 Å². The lowest BCUT2D eigenvalue weighted by molar-refractivity contribution is -0.124. The van der Waals surface area contributed by atoms with Crippen LogP contribution in [-0.2, 0) is 21.4 Å². The van der Waals surface area contributed by atoms with Gasteiger partial charge in [0.1, 0.15) is 0 Å². The van der Waals surface area contributed by atoms with E-state index < -0.39 is 22.1 Å². The first-order valence-electron chi connectivity index (χ1n) is 15.1. The number of aliphatic hydroxyl groups is 2. The van der Waals surface area contributed by atoms with E-state index in [4.69, 9.17) is 0 Å². The van der Waals surface area contributed by atoms with Gasteiger partial charge in [0.15, 0.2) is 0 Å². The second-order valence-corrected chi connectivity index (χ2v) is 13.0. The molecule has 0 saturated carbocycles. The minimum absolute atomic E-state index is 0. The number of carbonyl (C=O) groups is 1. The molecule has 8 nitrogen and oxygen atoms in total. The average Bonchev–Trinajstić information content (AvgIpc) is 3.02. The van der Waals surface area contributed by atoms with E-state index in [1.807, 2.05) is 67.6 Å². The molecular formula is C34H48ClN3O5S. The Morgan fingerprint density at radius 1 is 0.864 bits per heavy atom. The number of halogens is 1. The molecule has 0 heterocycles. The van der Waals surface area contributed by atoms with Gasteiger partial charge in [0.25, 0.3) is 0 Å². The highest BCUT2D eigenvalue weighted by Gasteiger charge is 2.34. The molecule has 3 rings (SSSR count). The van der Waals surface area contributed by atoms with Crippen molar-refractivity contribution >= 4 is 28.3 Å². The third kappa shape index (κ3) is 9.60. The van der Waals surface area contributed by atoms with Crippen LogP contribution >= 0.6 is 12.4 Å². The molecule has 0 unspecified atom stereocenters. The molecule has 0 fully saturated rings. The minimum Gasteiger partial charge on any atom is -0.395 e. The number of nitrogens with zero attached hydrogens (tertiary/aromatic N) is 1. The first kappa shape index (κ1) is 37.4. The number of rotatable bonds is 17. The van der Waals surface area contributed by atoms with Gasteiger partial charge in [0.05, 0.1) is 24.2 Å². The van der Waals surface area contributed by atoms with Crippen molar-refractivity contribution in [3.63, 3.8) is 0 Å².